The van der Waals surface area contributed by atoms with Crippen LogP contribution >= 0.6 is 0 Å². The molecule has 0 unspecified atom stereocenters. The number of aromatic nitrogens is 5. The predicted octanol–water partition coefficient (Wildman–Crippen LogP) is 3.39. The molecular formula is C17H23N5O2. The molecule has 0 fully saturated rings. The van der Waals surface area contributed by atoms with Crippen molar-refractivity contribution in [3.63, 3.8) is 0 Å². The SMILES string of the molecule is CC.CC(C)(C)C(=O)OCn1ccc2c(-c3cn[nH]c3)cnnc21. The second kappa shape index (κ2) is 7.25. The van der Waals surface area contributed by atoms with E-state index in [2.05, 4.69) is 20.4 Å². The molecule has 7 nitrogen and oxygen atoms in total. The second-order valence-corrected chi connectivity index (χ2v) is 6.08. The third kappa shape index (κ3) is 3.61. The van der Waals surface area contributed by atoms with Crippen molar-refractivity contribution in [2.24, 2.45) is 5.41 Å². The number of carbonyl (C=O) groups is 1. The van der Waals surface area contributed by atoms with Crippen LogP contribution in [0.1, 0.15) is 34.6 Å². The number of ether oxygens (including phenoxy) is 1. The minimum absolute atomic E-state index is 0.114. The highest BCUT2D eigenvalue weighted by Gasteiger charge is 2.23. The van der Waals surface area contributed by atoms with E-state index in [1.54, 1.807) is 23.2 Å². The maximum absolute atomic E-state index is 11.9. The Labute approximate surface area is 141 Å². The van der Waals surface area contributed by atoms with Crippen LogP contribution in [-0.2, 0) is 16.3 Å². The maximum Gasteiger partial charge on any atom is 0.312 e. The van der Waals surface area contributed by atoms with Crippen LogP contribution < -0.4 is 0 Å². The Morgan fingerprint density at radius 1 is 1.29 bits per heavy atom. The molecule has 0 amide bonds. The molecule has 0 saturated heterocycles. The Bertz CT molecular complexity index is 800. The highest BCUT2D eigenvalue weighted by Crippen LogP contribution is 2.26. The van der Waals surface area contributed by atoms with E-state index in [0.29, 0.717) is 5.65 Å². The van der Waals surface area contributed by atoms with Crippen molar-refractivity contribution in [3.8, 4) is 11.1 Å². The third-order valence-corrected chi connectivity index (χ3v) is 3.32. The average Bonchev–Trinajstić information content (AvgIpc) is 3.23. The Morgan fingerprint density at radius 2 is 2.04 bits per heavy atom. The van der Waals surface area contributed by atoms with Crippen LogP contribution in [0.5, 0.6) is 0 Å². The molecule has 1 N–H and O–H groups in total. The quantitative estimate of drug-likeness (QED) is 0.744. The van der Waals surface area contributed by atoms with Crippen molar-refractivity contribution < 1.29 is 9.53 Å². The highest BCUT2D eigenvalue weighted by atomic mass is 16.5. The van der Waals surface area contributed by atoms with Gasteiger partial charge in [0, 0.05) is 28.9 Å². The Balaban J connectivity index is 0.00000100. The number of esters is 1. The van der Waals surface area contributed by atoms with Crippen LogP contribution in [0.3, 0.4) is 0 Å². The zero-order valence-corrected chi connectivity index (χ0v) is 14.7. The molecule has 3 aromatic rings. The van der Waals surface area contributed by atoms with Crippen LogP contribution in [-0.4, -0.2) is 30.9 Å². The first kappa shape index (κ1) is 17.7. The van der Waals surface area contributed by atoms with E-state index in [-0.39, 0.29) is 12.7 Å². The van der Waals surface area contributed by atoms with Crippen LogP contribution in [0, 0.1) is 5.41 Å². The number of hydrogen-bond acceptors (Lipinski definition) is 5. The number of rotatable bonds is 3. The summed E-state index contributed by atoms with van der Waals surface area (Å²) >= 11 is 0. The van der Waals surface area contributed by atoms with Gasteiger partial charge in [-0.25, -0.2) is 0 Å². The van der Waals surface area contributed by atoms with Gasteiger partial charge in [0.25, 0.3) is 0 Å². The van der Waals surface area contributed by atoms with Crippen molar-refractivity contribution >= 4 is 17.0 Å². The Kier molecular flexibility index (Phi) is 5.33. The fourth-order valence-corrected chi connectivity index (χ4v) is 2.07. The van der Waals surface area contributed by atoms with E-state index in [4.69, 9.17) is 4.74 Å². The van der Waals surface area contributed by atoms with Gasteiger partial charge in [0.15, 0.2) is 12.4 Å². The van der Waals surface area contributed by atoms with Gasteiger partial charge in [0.1, 0.15) is 0 Å². The van der Waals surface area contributed by atoms with Gasteiger partial charge in [-0.2, -0.15) is 10.2 Å². The summed E-state index contributed by atoms with van der Waals surface area (Å²) in [5.41, 5.74) is 2.00. The van der Waals surface area contributed by atoms with Crippen molar-refractivity contribution in [2.75, 3.05) is 0 Å². The Morgan fingerprint density at radius 3 is 2.67 bits per heavy atom. The first-order valence-electron chi connectivity index (χ1n) is 7.94. The zero-order chi connectivity index (χ0) is 17.7. The highest BCUT2D eigenvalue weighted by molar-refractivity contribution is 5.92. The van der Waals surface area contributed by atoms with E-state index < -0.39 is 5.41 Å². The lowest BCUT2D eigenvalue weighted by molar-refractivity contribution is -0.156. The van der Waals surface area contributed by atoms with Crippen molar-refractivity contribution in [1.29, 1.82) is 0 Å². The first-order chi connectivity index (χ1) is 11.5. The summed E-state index contributed by atoms with van der Waals surface area (Å²) < 4.78 is 7.09. The summed E-state index contributed by atoms with van der Waals surface area (Å²) in [4.78, 5) is 11.9. The second-order valence-electron chi connectivity index (χ2n) is 6.08. The number of fused-ring (bicyclic) bond motifs is 1. The molecule has 0 aromatic carbocycles. The fraction of sp³-hybridized carbons (Fsp3) is 0.412. The van der Waals surface area contributed by atoms with Crippen molar-refractivity contribution in [1.82, 2.24) is 25.0 Å². The number of H-pyrrole nitrogens is 1. The molecule has 24 heavy (non-hydrogen) atoms. The van der Waals surface area contributed by atoms with Crippen molar-refractivity contribution in [3.05, 3.63) is 30.9 Å². The van der Waals surface area contributed by atoms with Gasteiger partial charge in [-0.1, -0.05) is 13.8 Å². The molecule has 7 heteroatoms. The van der Waals surface area contributed by atoms with Gasteiger partial charge < -0.3 is 4.74 Å². The van der Waals surface area contributed by atoms with Gasteiger partial charge in [0.05, 0.1) is 17.8 Å². The van der Waals surface area contributed by atoms with E-state index in [1.807, 2.05) is 46.9 Å². The van der Waals surface area contributed by atoms with Gasteiger partial charge in [-0.15, -0.1) is 5.10 Å². The minimum Gasteiger partial charge on any atom is -0.443 e. The first-order valence-corrected chi connectivity index (χ1v) is 7.94. The van der Waals surface area contributed by atoms with Gasteiger partial charge in [-0.05, 0) is 26.8 Å². The summed E-state index contributed by atoms with van der Waals surface area (Å²) in [5, 5.41) is 15.8. The van der Waals surface area contributed by atoms with Crippen LogP contribution in [0.15, 0.2) is 30.9 Å². The van der Waals surface area contributed by atoms with E-state index in [0.717, 1.165) is 16.5 Å². The van der Waals surface area contributed by atoms with E-state index in [9.17, 15) is 4.79 Å². The summed E-state index contributed by atoms with van der Waals surface area (Å²) in [7, 11) is 0. The van der Waals surface area contributed by atoms with E-state index >= 15 is 0 Å². The molecular weight excluding hydrogens is 306 g/mol. The summed E-state index contributed by atoms with van der Waals surface area (Å²) in [6.45, 7) is 9.57. The van der Waals surface area contributed by atoms with Crippen LogP contribution in [0.4, 0.5) is 0 Å². The monoisotopic (exact) mass is 329 g/mol. The summed E-state index contributed by atoms with van der Waals surface area (Å²) in [6.07, 6.45) is 7.05. The van der Waals surface area contributed by atoms with Gasteiger partial charge >= 0.3 is 5.97 Å². The van der Waals surface area contributed by atoms with Gasteiger partial charge in [0.2, 0.25) is 0 Å². The predicted molar refractivity (Wildman–Crippen MR) is 92.0 cm³/mol. The number of carbonyl (C=O) groups excluding carboxylic acids is 1. The summed E-state index contributed by atoms with van der Waals surface area (Å²) in [5.74, 6) is -0.256. The van der Waals surface area contributed by atoms with Crippen LogP contribution in [0.2, 0.25) is 0 Å². The third-order valence-electron chi connectivity index (χ3n) is 3.32. The van der Waals surface area contributed by atoms with Crippen LogP contribution in [0.25, 0.3) is 22.2 Å². The fourth-order valence-electron chi connectivity index (χ4n) is 2.07. The lowest BCUT2D eigenvalue weighted by Gasteiger charge is -2.16. The zero-order valence-electron chi connectivity index (χ0n) is 14.7. The maximum atomic E-state index is 11.9. The van der Waals surface area contributed by atoms with Crippen molar-refractivity contribution in [2.45, 2.75) is 41.3 Å². The molecule has 0 aliphatic rings. The normalized spacial score (nSPS) is 11.0. The molecule has 0 saturated carbocycles. The largest absolute Gasteiger partial charge is 0.443 e. The molecule has 128 valence electrons. The molecule has 0 radical (unpaired) electrons. The molecule has 3 rings (SSSR count). The molecule has 0 atom stereocenters. The molecule has 3 heterocycles. The smallest absolute Gasteiger partial charge is 0.312 e. The van der Waals surface area contributed by atoms with E-state index in [1.165, 1.54) is 0 Å². The topological polar surface area (TPSA) is 85.7 Å². The lowest BCUT2D eigenvalue weighted by Crippen LogP contribution is -2.23. The standard InChI is InChI=1S/C15H17N5O2.C2H6/c1-15(2,3)14(21)22-9-20-5-4-11-12(8-18-19-13(11)20)10-6-16-17-7-10;1-2/h4-8H,9H2,1-3H3,(H,16,17);1-2H3. The molecule has 0 bridgehead atoms. The number of nitrogens with one attached hydrogen (secondary N) is 1. The molecule has 0 spiro atoms. The average molecular weight is 329 g/mol. The summed E-state index contributed by atoms with van der Waals surface area (Å²) in [6, 6.07) is 1.93. The van der Waals surface area contributed by atoms with Gasteiger partial charge in [-0.3, -0.25) is 14.5 Å². The molecule has 3 aromatic heterocycles. The Hall–Kier alpha value is -2.70. The molecule has 0 aliphatic carbocycles. The number of aromatic amines is 1. The molecule has 0 aliphatic heterocycles. The number of hydrogen-bond donors (Lipinski definition) is 1. The number of nitrogens with zero attached hydrogens (tertiary/aromatic N) is 4. The lowest BCUT2D eigenvalue weighted by atomic mass is 9.98. The minimum atomic E-state index is -0.531.